The fourth-order valence-corrected chi connectivity index (χ4v) is 3.33. The van der Waals surface area contributed by atoms with Crippen LogP contribution in [0, 0.1) is 10.1 Å². The molecule has 0 aliphatic heterocycles. The first-order valence-corrected chi connectivity index (χ1v) is 9.01. The summed E-state index contributed by atoms with van der Waals surface area (Å²) in [6.07, 6.45) is 1.64. The van der Waals surface area contributed by atoms with Crippen LogP contribution in [0.4, 0.5) is 5.69 Å². The van der Waals surface area contributed by atoms with Crippen molar-refractivity contribution in [1.82, 2.24) is 9.88 Å². The van der Waals surface area contributed by atoms with Crippen LogP contribution in [0.25, 0.3) is 0 Å². The van der Waals surface area contributed by atoms with Crippen molar-refractivity contribution in [3.8, 4) is 0 Å². The van der Waals surface area contributed by atoms with Crippen molar-refractivity contribution in [3.05, 3.63) is 91.4 Å². The molecule has 0 unspecified atom stereocenters. The third kappa shape index (κ3) is 4.25. The van der Waals surface area contributed by atoms with Crippen LogP contribution in [-0.2, 0) is 13.1 Å². The van der Waals surface area contributed by atoms with Crippen molar-refractivity contribution >= 4 is 34.5 Å². The van der Waals surface area contributed by atoms with E-state index in [0.717, 1.165) is 5.56 Å². The Morgan fingerprint density at radius 1 is 1.23 bits per heavy atom. The first kappa shape index (κ1) is 18.0. The number of nitro groups is 1. The summed E-state index contributed by atoms with van der Waals surface area (Å²) in [6, 6.07) is 11.3. The summed E-state index contributed by atoms with van der Waals surface area (Å²) in [4.78, 5) is 29.6. The summed E-state index contributed by atoms with van der Waals surface area (Å²) < 4.78 is 0. The van der Waals surface area contributed by atoms with Crippen LogP contribution >= 0.6 is 22.9 Å². The number of hydrogen-bond donors (Lipinski definition) is 0. The molecule has 3 rings (SSSR count). The zero-order valence-corrected chi connectivity index (χ0v) is 15.1. The van der Waals surface area contributed by atoms with Gasteiger partial charge < -0.3 is 4.90 Å². The molecule has 0 radical (unpaired) electrons. The number of hydrogen-bond acceptors (Lipinski definition) is 5. The smallest absolute Gasteiger partial charge is 0.282 e. The minimum Gasteiger partial charge on any atom is -0.328 e. The summed E-state index contributed by atoms with van der Waals surface area (Å²) in [6.45, 7) is 0.557. The minimum absolute atomic E-state index is 0.0336. The Hall–Kier alpha value is -2.77. The average Bonchev–Trinajstić information content (AvgIpc) is 3.14. The summed E-state index contributed by atoms with van der Waals surface area (Å²) in [7, 11) is 0. The lowest BCUT2D eigenvalue weighted by Gasteiger charge is -2.22. The predicted molar refractivity (Wildman–Crippen MR) is 100 cm³/mol. The van der Waals surface area contributed by atoms with E-state index in [-0.39, 0.29) is 22.8 Å². The molecular formula is C18H14ClN3O3S. The summed E-state index contributed by atoms with van der Waals surface area (Å²) in [5.74, 6) is -0.462. The van der Waals surface area contributed by atoms with E-state index in [0.29, 0.717) is 12.2 Å². The van der Waals surface area contributed by atoms with Gasteiger partial charge in [-0.2, -0.15) is 11.3 Å². The zero-order chi connectivity index (χ0) is 18.5. The van der Waals surface area contributed by atoms with Gasteiger partial charge >= 0.3 is 0 Å². The van der Waals surface area contributed by atoms with E-state index in [1.165, 1.54) is 34.4 Å². The third-order valence-electron chi connectivity index (χ3n) is 3.71. The van der Waals surface area contributed by atoms with Crippen molar-refractivity contribution in [2.24, 2.45) is 0 Å². The van der Waals surface area contributed by atoms with Crippen LogP contribution < -0.4 is 0 Å². The van der Waals surface area contributed by atoms with Crippen molar-refractivity contribution in [3.63, 3.8) is 0 Å². The molecule has 1 amide bonds. The maximum absolute atomic E-state index is 13.1. The van der Waals surface area contributed by atoms with Gasteiger partial charge in [-0.15, -0.1) is 0 Å². The Balaban J connectivity index is 1.96. The van der Waals surface area contributed by atoms with E-state index in [1.54, 1.807) is 18.3 Å². The number of carbonyl (C=O) groups excluding carboxylic acids is 1. The maximum Gasteiger partial charge on any atom is 0.282 e. The van der Waals surface area contributed by atoms with Crippen LogP contribution in [0.2, 0.25) is 5.02 Å². The summed E-state index contributed by atoms with van der Waals surface area (Å²) >= 11 is 7.49. The molecule has 0 aliphatic carbocycles. The van der Waals surface area contributed by atoms with E-state index in [2.05, 4.69) is 4.98 Å². The first-order valence-electron chi connectivity index (χ1n) is 7.69. The van der Waals surface area contributed by atoms with Crippen molar-refractivity contribution < 1.29 is 9.72 Å². The number of rotatable bonds is 6. The molecule has 0 bridgehead atoms. The van der Waals surface area contributed by atoms with E-state index < -0.39 is 10.8 Å². The largest absolute Gasteiger partial charge is 0.328 e. The van der Waals surface area contributed by atoms with Crippen LogP contribution in [0.15, 0.2) is 59.4 Å². The quantitative estimate of drug-likeness (QED) is 0.459. The van der Waals surface area contributed by atoms with Crippen molar-refractivity contribution in [2.45, 2.75) is 13.1 Å². The van der Waals surface area contributed by atoms with Gasteiger partial charge in [0.15, 0.2) is 0 Å². The minimum atomic E-state index is -0.576. The lowest BCUT2D eigenvalue weighted by Crippen LogP contribution is -2.30. The maximum atomic E-state index is 13.1. The van der Waals surface area contributed by atoms with E-state index >= 15 is 0 Å². The highest BCUT2D eigenvalue weighted by molar-refractivity contribution is 7.07. The standard InChI is InChI=1S/C18H14ClN3O3S/c19-14-4-5-17(22(24)25)16(9-14)18(23)21(10-13-6-8-26-12-13)11-15-3-1-2-7-20-15/h1-9,12H,10-11H2. The van der Waals surface area contributed by atoms with Crippen molar-refractivity contribution in [1.29, 1.82) is 0 Å². The second-order valence-corrected chi connectivity index (χ2v) is 6.75. The number of aromatic nitrogens is 1. The number of nitro benzene ring substituents is 1. The average molecular weight is 388 g/mol. The fraction of sp³-hybridized carbons (Fsp3) is 0.111. The zero-order valence-electron chi connectivity index (χ0n) is 13.5. The number of thiophene rings is 1. The van der Waals surface area contributed by atoms with Crippen LogP contribution in [0.5, 0.6) is 0 Å². The van der Waals surface area contributed by atoms with Gasteiger partial charge in [-0.25, -0.2) is 0 Å². The molecule has 0 atom stereocenters. The summed E-state index contributed by atoms with van der Waals surface area (Å²) in [5, 5.41) is 15.4. The molecule has 0 aliphatic rings. The van der Waals surface area contributed by atoms with E-state index in [1.807, 2.05) is 22.9 Å². The molecule has 2 aromatic heterocycles. The molecule has 8 heteroatoms. The Bertz CT molecular complexity index is 917. The molecule has 0 saturated heterocycles. The molecule has 0 fully saturated rings. The topological polar surface area (TPSA) is 76.3 Å². The van der Waals surface area contributed by atoms with E-state index in [4.69, 9.17) is 11.6 Å². The lowest BCUT2D eigenvalue weighted by molar-refractivity contribution is -0.385. The monoisotopic (exact) mass is 387 g/mol. The highest BCUT2D eigenvalue weighted by Crippen LogP contribution is 2.25. The number of carbonyl (C=O) groups is 1. The SMILES string of the molecule is O=C(c1cc(Cl)ccc1[N+](=O)[O-])N(Cc1ccsc1)Cc1ccccn1. The van der Waals surface area contributed by atoms with Crippen LogP contribution in [-0.4, -0.2) is 20.7 Å². The van der Waals surface area contributed by atoms with Gasteiger partial charge in [-0.1, -0.05) is 17.7 Å². The number of halogens is 1. The number of benzene rings is 1. The number of pyridine rings is 1. The Kier molecular flexibility index (Phi) is 5.60. The molecule has 26 heavy (non-hydrogen) atoms. The van der Waals surface area contributed by atoms with Gasteiger partial charge in [0.05, 0.1) is 17.2 Å². The van der Waals surface area contributed by atoms with E-state index in [9.17, 15) is 14.9 Å². The third-order valence-corrected chi connectivity index (χ3v) is 4.67. The van der Waals surface area contributed by atoms with Crippen LogP contribution in [0.3, 0.4) is 0 Å². The van der Waals surface area contributed by atoms with Gasteiger partial charge in [0.1, 0.15) is 5.56 Å². The molecular weight excluding hydrogens is 374 g/mol. The second kappa shape index (κ2) is 8.07. The van der Waals surface area contributed by atoms with Gasteiger partial charge in [0.25, 0.3) is 11.6 Å². The van der Waals surface area contributed by atoms with Gasteiger partial charge in [-0.3, -0.25) is 19.9 Å². The Morgan fingerprint density at radius 3 is 2.73 bits per heavy atom. The molecule has 0 N–H and O–H groups in total. The second-order valence-electron chi connectivity index (χ2n) is 5.53. The molecule has 0 saturated carbocycles. The fourth-order valence-electron chi connectivity index (χ4n) is 2.50. The van der Waals surface area contributed by atoms with Gasteiger partial charge in [-0.05, 0) is 46.7 Å². The molecule has 1 aromatic carbocycles. The first-order chi connectivity index (χ1) is 12.5. The highest BCUT2D eigenvalue weighted by atomic mass is 35.5. The predicted octanol–water partition coefficient (Wildman–Crippen LogP) is 4.55. The molecule has 2 heterocycles. The Labute approximate surface area is 158 Å². The molecule has 6 nitrogen and oxygen atoms in total. The number of amides is 1. The highest BCUT2D eigenvalue weighted by Gasteiger charge is 2.25. The lowest BCUT2D eigenvalue weighted by atomic mass is 10.1. The molecule has 0 spiro atoms. The van der Waals surface area contributed by atoms with Gasteiger partial charge in [0.2, 0.25) is 0 Å². The molecule has 132 valence electrons. The van der Waals surface area contributed by atoms with Crippen LogP contribution in [0.1, 0.15) is 21.6 Å². The number of nitrogens with zero attached hydrogens (tertiary/aromatic N) is 3. The molecule has 3 aromatic rings. The summed E-state index contributed by atoms with van der Waals surface area (Å²) in [5.41, 5.74) is 1.34. The normalized spacial score (nSPS) is 10.5. The van der Waals surface area contributed by atoms with Gasteiger partial charge in [0, 0.05) is 23.8 Å². The van der Waals surface area contributed by atoms with Crippen molar-refractivity contribution in [2.75, 3.05) is 0 Å². The Morgan fingerprint density at radius 2 is 2.08 bits per heavy atom.